The van der Waals surface area contributed by atoms with Gasteiger partial charge in [-0.1, -0.05) is 0 Å². The third kappa shape index (κ3) is 3.13. The van der Waals surface area contributed by atoms with Crippen LogP contribution in [0.3, 0.4) is 0 Å². The van der Waals surface area contributed by atoms with Crippen molar-refractivity contribution in [3.05, 3.63) is 23.8 Å². The van der Waals surface area contributed by atoms with Crippen LogP contribution in [0, 0.1) is 0 Å². The summed E-state index contributed by atoms with van der Waals surface area (Å²) < 4.78 is 0. The van der Waals surface area contributed by atoms with Gasteiger partial charge in [-0.15, -0.1) is 0 Å². The normalized spacial score (nSPS) is 9.94. The van der Waals surface area contributed by atoms with Crippen LogP contribution in [0.15, 0.2) is 18.2 Å². The van der Waals surface area contributed by atoms with Gasteiger partial charge >= 0.3 is 0 Å². The van der Waals surface area contributed by atoms with Crippen LogP contribution in [0.2, 0.25) is 0 Å². The Morgan fingerprint density at radius 3 is 2.33 bits per heavy atom. The molecular weight excluding hydrogens is 232 g/mol. The molecule has 1 aromatic rings. The molecular formula is C12H18N4O2. The lowest BCUT2D eigenvalue weighted by atomic mass is 10.1. The number of rotatable bonds is 4. The summed E-state index contributed by atoms with van der Waals surface area (Å²) in [5, 5.41) is 0. The zero-order valence-electron chi connectivity index (χ0n) is 10.8. The van der Waals surface area contributed by atoms with Gasteiger partial charge in [-0.05, 0) is 18.2 Å². The molecule has 0 radical (unpaired) electrons. The second-order valence-corrected chi connectivity index (χ2v) is 4.30. The van der Waals surface area contributed by atoms with Crippen molar-refractivity contribution in [3.63, 3.8) is 0 Å². The number of nitrogen functional groups attached to an aromatic ring is 1. The molecule has 0 aliphatic heterocycles. The fraction of sp³-hybridized carbons (Fsp3) is 0.333. The summed E-state index contributed by atoms with van der Waals surface area (Å²) in [5.41, 5.74) is 12.4. The van der Waals surface area contributed by atoms with Crippen LogP contribution >= 0.6 is 0 Å². The van der Waals surface area contributed by atoms with Crippen molar-refractivity contribution in [2.45, 2.75) is 0 Å². The van der Waals surface area contributed by atoms with Gasteiger partial charge in [-0.25, -0.2) is 0 Å². The third-order valence-corrected chi connectivity index (χ3v) is 2.47. The van der Waals surface area contributed by atoms with Crippen LogP contribution in [0.5, 0.6) is 0 Å². The summed E-state index contributed by atoms with van der Waals surface area (Å²) in [6.07, 6.45) is 0. The first-order valence-electron chi connectivity index (χ1n) is 5.43. The molecule has 2 amide bonds. The van der Waals surface area contributed by atoms with E-state index in [0.717, 1.165) is 5.69 Å². The number of amides is 2. The first-order chi connectivity index (χ1) is 8.32. The number of likely N-dealkylation sites (N-methyl/N-ethyl adjacent to an activating group) is 1. The van der Waals surface area contributed by atoms with Gasteiger partial charge in [0.05, 0.1) is 12.1 Å². The van der Waals surface area contributed by atoms with Crippen LogP contribution in [0.1, 0.15) is 10.4 Å². The molecule has 0 aliphatic carbocycles. The average Bonchev–Trinajstić information content (AvgIpc) is 2.26. The van der Waals surface area contributed by atoms with Crippen molar-refractivity contribution in [2.75, 3.05) is 38.3 Å². The predicted octanol–water partition coefficient (Wildman–Crippen LogP) is -0.108. The van der Waals surface area contributed by atoms with Gasteiger partial charge in [0.15, 0.2) is 0 Å². The van der Waals surface area contributed by atoms with Gasteiger partial charge in [0.25, 0.3) is 5.91 Å². The number of carbonyl (C=O) groups excluding carboxylic acids is 2. The second kappa shape index (κ2) is 5.39. The lowest BCUT2D eigenvalue weighted by Crippen LogP contribution is -2.36. The molecule has 0 fully saturated rings. The van der Waals surface area contributed by atoms with Crippen LogP contribution in [0.4, 0.5) is 11.4 Å². The molecule has 1 aromatic carbocycles. The zero-order valence-corrected chi connectivity index (χ0v) is 10.8. The molecule has 0 atom stereocenters. The Morgan fingerprint density at radius 2 is 1.83 bits per heavy atom. The fourth-order valence-corrected chi connectivity index (χ4v) is 1.63. The van der Waals surface area contributed by atoms with E-state index in [1.54, 1.807) is 18.2 Å². The molecule has 6 nitrogen and oxygen atoms in total. The lowest BCUT2D eigenvalue weighted by molar-refractivity contribution is -0.118. The van der Waals surface area contributed by atoms with Crippen LogP contribution in [-0.2, 0) is 4.79 Å². The highest BCUT2D eigenvalue weighted by Crippen LogP contribution is 2.22. The Hall–Kier alpha value is -2.24. The molecule has 0 saturated heterocycles. The van der Waals surface area contributed by atoms with Gasteiger partial charge in [0.1, 0.15) is 0 Å². The van der Waals surface area contributed by atoms with E-state index in [1.165, 1.54) is 11.9 Å². The van der Waals surface area contributed by atoms with Gasteiger partial charge in [0, 0.05) is 32.5 Å². The van der Waals surface area contributed by atoms with Crippen LogP contribution in [-0.4, -0.2) is 44.4 Å². The van der Waals surface area contributed by atoms with Crippen molar-refractivity contribution in [1.29, 1.82) is 0 Å². The van der Waals surface area contributed by atoms with E-state index in [9.17, 15) is 9.59 Å². The quantitative estimate of drug-likeness (QED) is 0.729. The fourth-order valence-electron chi connectivity index (χ4n) is 1.63. The summed E-state index contributed by atoms with van der Waals surface area (Å²) in [6, 6.07) is 5.08. The van der Waals surface area contributed by atoms with E-state index in [1.807, 2.05) is 19.0 Å². The number of benzene rings is 1. The molecule has 0 bridgehead atoms. The van der Waals surface area contributed by atoms with E-state index >= 15 is 0 Å². The van der Waals surface area contributed by atoms with Crippen molar-refractivity contribution >= 4 is 23.2 Å². The average molecular weight is 250 g/mol. The first-order valence-corrected chi connectivity index (χ1v) is 5.43. The highest BCUT2D eigenvalue weighted by atomic mass is 16.2. The Morgan fingerprint density at radius 1 is 1.22 bits per heavy atom. The number of anilines is 2. The van der Waals surface area contributed by atoms with E-state index < -0.39 is 5.91 Å². The van der Waals surface area contributed by atoms with Gasteiger partial charge in [-0.2, -0.15) is 0 Å². The van der Waals surface area contributed by atoms with E-state index in [-0.39, 0.29) is 12.5 Å². The number of carbonyl (C=O) groups is 2. The summed E-state index contributed by atoms with van der Waals surface area (Å²) in [4.78, 5) is 26.1. The molecule has 18 heavy (non-hydrogen) atoms. The van der Waals surface area contributed by atoms with Crippen LogP contribution in [0.25, 0.3) is 0 Å². The molecule has 0 unspecified atom stereocenters. The molecule has 0 heterocycles. The monoisotopic (exact) mass is 250 g/mol. The van der Waals surface area contributed by atoms with E-state index in [0.29, 0.717) is 11.3 Å². The SMILES string of the molecule is CN(CC(N)=O)C(=O)c1cc(N)ccc1N(C)C. The summed E-state index contributed by atoms with van der Waals surface area (Å²) >= 11 is 0. The Labute approximate surface area is 106 Å². The maximum absolute atomic E-state index is 12.2. The molecule has 6 heteroatoms. The summed E-state index contributed by atoms with van der Waals surface area (Å²) in [5.74, 6) is -0.842. The minimum absolute atomic E-state index is 0.125. The number of nitrogens with zero attached hydrogens (tertiary/aromatic N) is 2. The standard InChI is InChI=1S/C12H18N4O2/c1-15(2)10-5-4-8(13)6-9(10)12(18)16(3)7-11(14)17/h4-6H,7,13H2,1-3H3,(H2,14,17). The number of primary amides is 1. The topological polar surface area (TPSA) is 92.7 Å². The number of hydrogen-bond donors (Lipinski definition) is 2. The van der Waals surface area contributed by atoms with Crippen molar-refractivity contribution < 1.29 is 9.59 Å². The lowest BCUT2D eigenvalue weighted by Gasteiger charge is -2.21. The predicted molar refractivity (Wildman–Crippen MR) is 71.3 cm³/mol. The Bertz CT molecular complexity index is 471. The molecule has 1 rings (SSSR count). The van der Waals surface area contributed by atoms with Crippen molar-refractivity contribution in [1.82, 2.24) is 4.90 Å². The second-order valence-electron chi connectivity index (χ2n) is 4.30. The molecule has 0 saturated carbocycles. The highest BCUT2D eigenvalue weighted by molar-refractivity contribution is 6.01. The van der Waals surface area contributed by atoms with E-state index in [4.69, 9.17) is 11.5 Å². The molecule has 98 valence electrons. The van der Waals surface area contributed by atoms with Crippen LogP contribution < -0.4 is 16.4 Å². The maximum Gasteiger partial charge on any atom is 0.256 e. The van der Waals surface area contributed by atoms with Crippen molar-refractivity contribution in [3.8, 4) is 0 Å². The number of hydrogen-bond acceptors (Lipinski definition) is 4. The highest BCUT2D eigenvalue weighted by Gasteiger charge is 2.18. The minimum atomic E-state index is -0.554. The molecule has 0 aliphatic rings. The summed E-state index contributed by atoms with van der Waals surface area (Å²) in [6.45, 7) is -0.125. The largest absolute Gasteiger partial charge is 0.399 e. The zero-order chi connectivity index (χ0) is 13.9. The summed E-state index contributed by atoms with van der Waals surface area (Å²) in [7, 11) is 5.18. The van der Waals surface area contributed by atoms with Gasteiger partial charge in [0.2, 0.25) is 5.91 Å². The van der Waals surface area contributed by atoms with E-state index in [2.05, 4.69) is 0 Å². The molecule has 0 spiro atoms. The minimum Gasteiger partial charge on any atom is -0.399 e. The molecule has 0 aromatic heterocycles. The smallest absolute Gasteiger partial charge is 0.256 e. The third-order valence-electron chi connectivity index (χ3n) is 2.47. The number of nitrogens with two attached hydrogens (primary N) is 2. The molecule has 4 N–H and O–H groups in total. The van der Waals surface area contributed by atoms with Gasteiger partial charge in [-0.3, -0.25) is 9.59 Å². The Balaban J connectivity index is 3.11. The van der Waals surface area contributed by atoms with Gasteiger partial charge < -0.3 is 21.3 Å². The maximum atomic E-state index is 12.2. The van der Waals surface area contributed by atoms with Crippen molar-refractivity contribution in [2.24, 2.45) is 5.73 Å². The Kier molecular flexibility index (Phi) is 4.14. The first kappa shape index (κ1) is 13.8.